The number of anilines is 1. The summed E-state index contributed by atoms with van der Waals surface area (Å²) in [6, 6.07) is 9.19. The van der Waals surface area contributed by atoms with Gasteiger partial charge in [-0.3, -0.25) is 13.9 Å². The molecule has 0 bridgehead atoms. The lowest BCUT2D eigenvalue weighted by Gasteiger charge is -2.31. The van der Waals surface area contributed by atoms with E-state index < -0.39 is 27.7 Å². The summed E-state index contributed by atoms with van der Waals surface area (Å²) in [6.45, 7) is 1.85. The number of methoxy groups -OCH3 is 1. The first kappa shape index (κ1) is 28.0. The Kier molecular flexibility index (Phi) is 10.00. The topological polar surface area (TPSA) is 96.0 Å². The number of ether oxygens (including phenoxy) is 1. The molecular formula is C24H31F2N3O5S. The van der Waals surface area contributed by atoms with Crippen LogP contribution in [0, 0.1) is 11.6 Å². The summed E-state index contributed by atoms with van der Waals surface area (Å²) in [6.07, 6.45) is 1.38. The zero-order valence-corrected chi connectivity index (χ0v) is 21.1. The van der Waals surface area contributed by atoms with E-state index in [0.717, 1.165) is 34.3 Å². The summed E-state index contributed by atoms with van der Waals surface area (Å²) in [5.41, 5.74) is 0.756. The van der Waals surface area contributed by atoms with Crippen LogP contribution in [-0.2, 0) is 26.2 Å². The van der Waals surface area contributed by atoms with Crippen molar-refractivity contribution in [2.24, 2.45) is 0 Å². The number of benzene rings is 2. The molecule has 0 unspecified atom stereocenters. The molecule has 2 rings (SSSR count). The highest BCUT2D eigenvalue weighted by atomic mass is 32.2. The van der Waals surface area contributed by atoms with E-state index in [2.05, 4.69) is 5.32 Å². The number of hydrogen-bond acceptors (Lipinski definition) is 5. The third kappa shape index (κ3) is 7.64. The first-order valence-electron chi connectivity index (χ1n) is 11.1. The maximum Gasteiger partial charge on any atom is 0.242 e. The van der Waals surface area contributed by atoms with Gasteiger partial charge in [0.2, 0.25) is 21.8 Å². The molecule has 0 saturated heterocycles. The van der Waals surface area contributed by atoms with Crippen LogP contribution in [0.25, 0.3) is 0 Å². The van der Waals surface area contributed by atoms with E-state index in [4.69, 9.17) is 4.74 Å². The monoisotopic (exact) mass is 511 g/mol. The maximum absolute atomic E-state index is 13.7. The fraction of sp³-hybridized carbons (Fsp3) is 0.417. The number of carbonyl (C=O) groups is 2. The number of halogens is 2. The number of nitrogens with zero attached hydrogens (tertiary/aromatic N) is 2. The number of likely N-dealkylation sites (N-methyl/N-ethyl adjacent to an activating group) is 1. The quantitative estimate of drug-likeness (QED) is 0.473. The summed E-state index contributed by atoms with van der Waals surface area (Å²) in [5, 5.41) is 2.57. The van der Waals surface area contributed by atoms with Gasteiger partial charge in [-0.1, -0.05) is 19.1 Å². The Morgan fingerprint density at radius 3 is 2.26 bits per heavy atom. The molecule has 0 heterocycles. The molecule has 2 aromatic carbocycles. The molecule has 0 saturated carbocycles. The predicted molar refractivity (Wildman–Crippen MR) is 129 cm³/mol. The Hall–Kier alpha value is -3.21. The third-order valence-electron chi connectivity index (χ3n) is 5.49. The number of hydrogen-bond donors (Lipinski definition) is 1. The van der Waals surface area contributed by atoms with Gasteiger partial charge in [-0.15, -0.1) is 0 Å². The molecule has 0 spiro atoms. The zero-order valence-electron chi connectivity index (χ0n) is 20.3. The Morgan fingerprint density at radius 2 is 1.74 bits per heavy atom. The van der Waals surface area contributed by atoms with Gasteiger partial charge in [0.1, 0.15) is 11.8 Å². The van der Waals surface area contributed by atoms with Crippen LogP contribution < -0.4 is 14.4 Å². The fourth-order valence-corrected chi connectivity index (χ4v) is 4.62. The molecule has 1 atom stereocenters. The van der Waals surface area contributed by atoms with Crippen LogP contribution in [0.15, 0.2) is 42.5 Å². The number of carbonyl (C=O) groups excluding carboxylic acids is 2. The van der Waals surface area contributed by atoms with Gasteiger partial charge >= 0.3 is 0 Å². The summed E-state index contributed by atoms with van der Waals surface area (Å²) >= 11 is 0. The second-order valence-corrected chi connectivity index (χ2v) is 9.85. The van der Waals surface area contributed by atoms with Crippen molar-refractivity contribution in [3.8, 4) is 5.75 Å². The highest BCUT2D eigenvalue weighted by Gasteiger charge is 2.28. The number of rotatable bonds is 12. The van der Waals surface area contributed by atoms with Gasteiger partial charge in [0, 0.05) is 32.6 Å². The van der Waals surface area contributed by atoms with Crippen molar-refractivity contribution in [1.29, 1.82) is 0 Å². The van der Waals surface area contributed by atoms with E-state index in [1.54, 1.807) is 38.3 Å². The normalized spacial score (nSPS) is 12.1. The minimum Gasteiger partial charge on any atom is -0.497 e. The lowest BCUT2D eigenvalue weighted by molar-refractivity contribution is -0.141. The zero-order chi connectivity index (χ0) is 26.2. The van der Waals surface area contributed by atoms with E-state index in [1.807, 2.05) is 0 Å². The van der Waals surface area contributed by atoms with E-state index >= 15 is 0 Å². The fourth-order valence-electron chi connectivity index (χ4n) is 3.66. The van der Waals surface area contributed by atoms with Crippen molar-refractivity contribution < 1.29 is 31.5 Å². The van der Waals surface area contributed by atoms with E-state index in [9.17, 15) is 26.8 Å². The molecule has 0 radical (unpaired) electrons. The third-order valence-corrected chi connectivity index (χ3v) is 6.68. The molecule has 0 aliphatic rings. The Morgan fingerprint density at radius 1 is 1.09 bits per heavy atom. The first-order chi connectivity index (χ1) is 16.5. The standard InChI is InChI=1S/C24H31F2N3O5S/c1-5-22(24(31)27-2)28(16-17-8-11-19(34-3)12-9-17)23(30)7-6-14-29(35(4,32)33)18-10-13-20(25)21(26)15-18/h8-13,15,22H,5-7,14,16H2,1-4H3,(H,27,31)/t22-/m0/s1. The van der Waals surface area contributed by atoms with Gasteiger partial charge in [0.05, 0.1) is 19.1 Å². The van der Waals surface area contributed by atoms with Crippen molar-refractivity contribution in [2.75, 3.05) is 31.3 Å². The molecule has 0 aromatic heterocycles. The van der Waals surface area contributed by atoms with Crippen LogP contribution in [0.2, 0.25) is 0 Å². The van der Waals surface area contributed by atoms with Crippen molar-refractivity contribution in [1.82, 2.24) is 10.2 Å². The van der Waals surface area contributed by atoms with E-state index in [-0.39, 0.29) is 43.4 Å². The van der Waals surface area contributed by atoms with E-state index in [1.165, 1.54) is 11.9 Å². The Labute approximate surface area is 204 Å². The second-order valence-electron chi connectivity index (χ2n) is 7.95. The Balaban J connectivity index is 2.20. The molecule has 2 amide bonds. The van der Waals surface area contributed by atoms with Crippen LogP contribution in [0.3, 0.4) is 0 Å². The highest BCUT2D eigenvalue weighted by molar-refractivity contribution is 7.92. The number of amides is 2. The van der Waals surface area contributed by atoms with Crippen molar-refractivity contribution >= 4 is 27.5 Å². The molecule has 192 valence electrons. The van der Waals surface area contributed by atoms with Crippen molar-refractivity contribution in [3.63, 3.8) is 0 Å². The summed E-state index contributed by atoms with van der Waals surface area (Å²) in [5.74, 6) is -2.26. The van der Waals surface area contributed by atoms with E-state index in [0.29, 0.717) is 12.2 Å². The van der Waals surface area contributed by atoms with Crippen LogP contribution >= 0.6 is 0 Å². The summed E-state index contributed by atoms with van der Waals surface area (Å²) in [4.78, 5) is 27.1. The van der Waals surface area contributed by atoms with Crippen LogP contribution in [0.1, 0.15) is 31.7 Å². The van der Waals surface area contributed by atoms with Gasteiger partial charge in [0.15, 0.2) is 11.6 Å². The number of sulfonamides is 1. The lowest BCUT2D eigenvalue weighted by Crippen LogP contribution is -2.48. The molecule has 0 aliphatic heterocycles. The van der Waals surface area contributed by atoms with Crippen LogP contribution in [0.4, 0.5) is 14.5 Å². The van der Waals surface area contributed by atoms with Crippen LogP contribution in [0.5, 0.6) is 5.75 Å². The molecule has 0 aliphatic carbocycles. The summed E-state index contributed by atoms with van der Waals surface area (Å²) < 4.78 is 57.6. The predicted octanol–water partition coefficient (Wildman–Crippen LogP) is 3.07. The second kappa shape index (κ2) is 12.5. The molecule has 1 N–H and O–H groups in total. The average molecular weight is 512 g/mol. The number of nitrogens with one attached hydrogen (secondary N) is 1. The molecule has 2 aromatic rings. The lowest BCUT2D eigenvalue weighted by atomic mass is 10.1. The largest absolute Gasteiger partial charge is 0.497 e. The SMILES string of the molecule is CC[C@@H](C(=O)NC)N(Cc1ccc(OC)cc1)C(=O)CCCN(c1ccc(F)c(F)c1)S(C)(=O)=O. The maximum atomic E-state index is 13.7. The van der Waals surface area contributed by atoms with Gasteiger partial charge in [-0.25, -0.2) is 17.2 Å². The summed E-state index contributed by atoms with van der Waals surface area (Å²) in [7, 11) is -0.778. The minimum atomic E-state index is -3.82. The van der Waals surface area contributed by atoms with Gasteiger partial charge in [-0.2, -0.15) is 0 Å². The van der Waals surface area contributed by atoms with Crippen LogP contribution in [-0.4, -0.2) is 58.1 Å². The Bertz CT molecular complexity index is 1130. The molecule has 8 nitrogen and oxygen atoms in total. The van der Waals surface area contributed by atoms with Gasteiger partial charge in [-0.05, 0) is 42.7 Å². The molecule has 35 heavy (non-hydrogen) atoms. The smallest absolute Gasteiger partial charge is 0.242 e. The average Bonchev–Trinajstić information content (AvgIpc) is 2.82. The van der Waals surface area contributed by atoms with Gasteiger partial charge < -0.3 is 15.0 Å². The molecule has 0 fully saturated rings. The van der Waals surface area contributed by atoms with Crippen molar-refractivity contribution in [2.45, 2.75) is 38.8 Å². The molecular weight excluding hydrogens is 480 g/mol. The first-order valence-corrected chi connectivity index (χ1v) is 12.9. The minimum absolute atomic E-state index is 0.0364. The molecule has 11 heteroatoms. The van der Waals surface area contributed by atoms with Crippen molar-refractivity contribution in [3.05, 3.63) is 59.7 Å². The van der Waals surface area contributed by atoms with Gasteiger partial charge in [0.25, 0.3) is 0 Å². The highest BCUT2D eigenvalue weighted by Crippen LogP contribution is 2.22.